The average Bonchev–Trinajstić information content (AvgIpc) is 2.74. The second-order valence-electron chi connectivity index (χ2n) is 9.34. The van der Waals surface area contributed by atoms with Crippen molar-refractivity contribution in [3.8, 4) is 0 Å². The number of hydrogen-bond donors (Lipinski definition) is 1. The summed E-state index contributed by atoms with van der Waals surface area (Å²) >= 11 is 0. The molecule has 2 aromatic carbocycles. The molecule has 1 aliphatic carbocycles. The van der Waals surface area contributed by atoms with E-state index in [0.29, 0.717) is 24.0 Å². The number of nitrogens with zero attached hydrogens (tertiary/aromatic N) is 1. The van der Waals surface area contributed by atoms with E-state index in [1.807, 2.05) is 37.3 Å². The van der Waals surface area contributed by atoms with Crippen LogP contribution < -0.4 is 5.32 Å². The van der Waals surface area contributed by atoms with Crippen molar-refractivity contribution < 1.29 is 18.0 Å². The molecule has 6 nitrogen and oxygen atoms in total. The molecule has 2 aliphatic rings. The van der Waals surface area contributed by atoms with Crippen molar-refractivity contribution in [2.45, 2.75) is 76.3 Å². The first-order valence-corrected chi connectivity index (χ1v) is 13.1. The molecule has 7 heteroatoms. The summed E-state index contributed by atoms with van der Waals surface area (Å²) in [5.74, 6) is -0.471. The highest BCUT2D eigenvalue weighted by Gasteiger charge is 2.40. The molecule has 176 valence electrons. The lowest BCUT2D eigenvalue weighted by atomic mass is 9.87. The van der Waals surface area contributed by atoms with E-state index in [1.54, 1.807) is 13.8 Å². The molecule has 1 aliphatic heterocycles. The smallest absolute Gasteiger partial charge is 0.244 e. The number of sulfonamides is 1. The van der Waals surface area contributed by atoms with Crippen molar-refractivity contribution in [1.82, 2.24) is 9.62 Å². The van der Waals surface area contributed by atoms with Crippen LogP contribution in [0.2, 0.25) is 0 Å². The third kappa shape index (κ3) is 4.75. The van der Waals surface area contributed by atoms with E-state index in [2.05, 4.69) is 11.4 Å². The molecule has 1 amide bonds. The zero-order valence-corrected chi connectivity index (χ0v) is 20.4. The number of rotatable bonds is 5. The molecule has 0 spiro atoms. The first kappa shape index (κ1) is 23.6. The number of ketones is 1. The summed E-state index contributed by atoms with van der Waals surface area (Å²) in [4.78, 5) is 26.1. The van der Waals surface area contributed by atoms with Gasteiger partial charge in [0.2, 0.25) is 15.9 Å². The van der Waals surface area contributed by atoms with Crippen molar-refractivity contribution in [3.63, 3.8) is 0 Å². The number of piperidine rings is 1. The minimum atomic E-state index is -3.92. The van der Waals surface area contributed by atoms with Gasteiger partial charge in [-0.2, -0.15) is 4.31 Å². The molecule has 2 aromatic rings. The number of benzene rings is 2. The van der Waals surface area contributed by atoms with E-state index in [0.717, 1.165) is 30.4 Å². The van der Waals surface area contributed by atoms with E-state index >= 15 is 0 Å². The highest BCUT2D eigenvalue weighted by molar-refractivity contribution is 7.89. The molecule has 4 rings (SSSR count). The Balaban J connectivity index is 1.57. The molecule has 1 N–H and O–H groups in total. The predicted octanol–water partition coefficient (Wildman–Crippen LogP) is 3.92. The third-order valence-corrected chi connectivity index (χ3v) is 8.99. The second kappa shape index (κ2) is 9.39. The maximum Gasteiger partial charge on any atom is 0.244 e. The van der Waals surface area contributed by atoms with Gasteiger partial charge in [0.15, 0.2) is 5.78 Å². The SMILES string of the molecule is Cc1cc(C)c(S(=O)(=O)N2CCCC(=O)C2CC(=O)NC2CCCc3ccccc32)c(C)c1. The van der Waals surface area contributed by atoms with Crippen molar-refractivity contribution in [2.24, 2.45) is 0 Å². The Kier molecular flexibility index (Phi) is 6.73. The molecule has 0 bridgehead atoms. The Morgan fingerprint density at radius 1 is 1.06 bits per heavy atom. The summed E-state index contributed by atoms with van der Waals surface area (Å²) < 4.78 is 28.6. The average molecular weight is 469 g/mol. The summed E-state index contributed by atoms with van der Waals surface area (Å²) in [6.07, 6.45) is 3.42. The number of Topliss-reactive ketones (excluding diaryl/α,β-unsaturated/α-hetero) is 1. The first-order chi connectivity index (χ1) is 15.7. The summed E-state index contributed by atoms with van der Waals surface area (Å²) in [7, 11) is -3.92. The highest BCUT2D eigenvalue weighted by atomic mass is 32.2. The number of aryl methyl sites for hydroxylation is 4. The molecule has 2 unspecified atom stereocenters. The normalized spacial score (nSPS) is 21.5. The lowest BCUT2D eigenvalue weighted by Crippen LogP contribution is -2.51. The van der Waals surface area contributed by atoms with Gasteiger partial charge in [0.1, 0.15) is 0 Å². The van der Waals surface area contributed by atoms with Crippen LogP contribution in [0.1, 0.15) is 66.0 Å². The minimum absolute atomic E-state index is 0.104. The molecule has 0 saturated carbocycles. The maximum atomic E-state index is 13.7. The quantitative estimate of drug-likeness (QED) is 0.721. The van der Waals surface area contributed by atoms with Gasteiger partial charge in [-0.05, 0) is 68.7 Å². The summed E-state index contributed by atoms with van der Waals surface area (Å²) in [5.41, 5.74) is 4.65. The standard InChI is InChI=1S/C26H32N2O4S/c1-17-14-18(2)26(19(3)15-17)33(31,32)28-13-7-12-24(29)23(28)16-25(30)27-22-11-6-9-20-8-4-5-10-21(20)22/h4-5,8,10,14-15,22-23H,6-7,9,11-13,16H2,1-3H3,(H,27,30). The van der Waals surface area contributed by atoms with Gasteiger partial charge in [-0.1, -0.05) is 42.0 Å². The topological polar surface area (TPSA) is 83.6 Å². The third-order valence-electron chi connectivity index (χ3n) is 6.78. The molecule has 2 atom stereocenters. The van der Waals surface area contributed by atoms with Crippen LogP contribution in [-0.4, -0.2) is 37.0 Å². The molecule has 33 heavy (non-hydrogen) atoms. The van der Waals surface area contributed by atoms with E-state index in [1.165, 1.54) is 9.87 Å². The van der Waals surface area contributed by atoms with E-state index in [-0.39, 0.29) is 35.6 Å². The fourth-order valence-electron chi connectivity index (χ4n) is 5.42. The largest absolute Gasteiger partial charge is 0.349 e. The summed E-state index contributed by atoms with van der Waals surface area (Å²) in [5, 5.41) is 3.07. The van der Waals surface area contributed by atoms with Gasteiger partial charge in [0.05, 0.1) is 23.4 Å². The number of amides is 1. The van der Waals surface area contributed by atoms with Crippen LogP contribution in [0.4, 0.5) is 0 Å². The Hall–Kier alpha value is -2.51. The van der Waals surface area contributed by atoms with Gasteiger partial charge in [-0.25, -0.2) is 8.42 Å². The van der Waals surface area contributed by atoms with Crippen molar-refractivity contribution in [1.29, 1.82) is 0 Å². The molecule has 1 fully saturated rings. The van der Waals surface area contributed by atoms with Crippen molar-refractivity contribution in [3.05, 3.63) is 64.2 Å². The number of nitrogens with one attached hydrogen (secondary N) is 1. The Bertz CT molecular complexity index is 1170. The van der Waals surface area contributed by atoms with E-state index < -0.39 is 16.1 Å². The zero-order valence-electron chi connectivity index (χ0n) is 19.6. The lowest BCUT2D eigenvalue weighted by Gasteiger charge is -2.34. The second-order valence-corrected chi connectivity index (χ2v) is 11.2. The van der Waals surface area contributed by atoms with E-state index in [4.69, 9.17) is 0 Å². The number of carbonyl (C=O) groups excluding carboxylic acids is 2. The first-order valence-electron chi connectivity index (χ1n) is 11.7. The van der Waals surface area contributed by atoms with Gasteiger partial charge in [-0.15, -0.1) is 0 Å². The van der Waals surface area contributed by atoms with Crippen LogP contribution >= 0.6 is 0 Å². The zero-order chi connectivity index (χ0) is 23.8. The van der Waals surface area contributed by atoms with Crippen LogP contribution in [0.15, 0.2) is 41.3 Å². The highest BCUT2D eigenvalue weighted by Crippen LogP contribution is 2.32. The van der Waals surface area contributed by atoms with Crippen LogP contribution in [0.25, 0.3) is 0 Å². The molecular formula is C26H32N2O4S. The van der Waals surface area contributed by atoms with Gasteiger partial charge >= 0.3 is 0 Å². The fraction of sp³-hybridized carbons (Fsp3) is 0.462. The molecule has 1 saturated heterocycles. The fourth-order valence-corrected chi connectivity index (χ4v) is 7.48. The van der Waals surface area contributed by atoms with Gasteiger partial charge in [0, 0.05) is 13.0 Å². The molecule has 0 radical (unpaired) electrons. The summed E-state index contributed by atoms with van der Waals surface area (Å²) in [6, 6.07) is 10.7. The van der Waals surface area contributed by atoms with Gasteiger partial charge in [0.25, 0.3) is 0 Å². The molecular weight excluding hydrogens is 436 g/mol. The van der Waals surface area contributed by atoms with Crippen LogP contribution in [0.3, 0.4) is 0 Å². The Morgan fingerprint density at radius 3 is 2.48 bits per heavy atom. The maximum absolute atomic E-state index is 13.7. The van der Waals surface area contributed by atoms with Crippen LogP contribution in [-0.2, 0) is 26.0 Å². The number of hydrogen-bond acceptors (Lipinski definition) is 4. The predicted molar refractivity (Wildman–Crippen MR) is 127 cm³/mol. The molecule has 0 aromatic heterocycles. The van der Waals surface area contributed by atoms with E-state index in [9.17, 15) is 18.0 Å². The monoisotopic (exact) mass is 468 g/mol. The number of carbonyl (C=O) groups is 2. The van der Waals surface area contributed by atoms with Crippen LogP contribution in [0, 0.1) is 20.8 Å². The minimum Gasteiger partial charge on any atom is -0.349 e. The van der Waals surface area contributed by atoms with Crippen LogP contribution in [0.5, 0.6) is 0 Å². The Labute approximate surface area is 196 Å². The van der Waals surface area contributed by atoms with Gasteiger partial charge < -0.3 is 5.32 Å². The Morgan fingerprint density at radius 2 is 1.76 bits per heavy atom. The van der Waals surface area contributed by atoms with Crippen molar-refractivity contribution >= 4 is 21.7 Å². The molecule has 1 heterocycles. The lowest BCUT2D eigenvalue weighted by molar-refractivity contribution is -0.130. The van der Waals surface area contributed by atoms with Gasteiger partial charge in [-0.3, -0.25) is 9.59 Å². The number of fused-ring (bicyclic) bond motifs is 1. The van der Waals surface area contributed by atoms with Crippen molar-refractivity contribution in [2.75, 3.05) is 6.54 Å². The summed E-state index contributed by atoms with van der Waals surface area (Å²) in [6.45, 7) is 5.73.